The number of halogens is 1. The minimum absolute atomic E-state index is 0.0214. The van der Waals surface area contributed by atoms with Crippen molar-refractivity contribution in [2.24, 2.45) is 5.41 Å². The Balaban J connectivity index is 1.58. The number of aliphatic hydroxyl groups is 5. The second-order valence-corrected chi connectivity index (χ2v) is 19.7. The summed E-state index contributed by atoms with van der Waals surface area (Å²) in [7, 11) is 5.14. The van der Waals surface area contributed by atoms with Crippen LogP contribution in [-0.2, 0) is 57.0 Å². The molecule has 0 bridgehead atoms. The minimum atomic E-state index is -2.55. The molecule has 10 unspecified atom stereocenters. The predicted octanol–water partition coefficient (Wildman–Crippen LogP) is 3.00. The van der Waals surface area contributed by atoms with Crippen molar-refractivity contribution in [1.82, 2.24) is 0 Å². The molecule has 3 aliphatic heterocycles. The van der Waals surface area contributed by atoms with E-state index in [9.17, 15) is 49.8 Å². The Hall–Kier alpha value is -3.37. The maximum absolute atomic E-state index is 14.2. The zero-order chi connectivity index (χ0) is 50.8. The normalized spacial score (nSPS) is 34.0. The van der Waals surface area contributed by atoms with E-state index in [0.29, 0.717) is 11.1 Å². The minimum Gasteiger partial charge on any atom is -0.506 e. The van der Waals surface area contributed by atoms with Gasteiger partial charge >= 0.3 is 11.9 Å². The summed E-state index contributed by atoms with van der Waals surface area (Å²) in [5.74, 6) is -8.96. The standard InChI is InChI=1S/C46H63IO21/c1-13-44(56,21(4)48)27(63-22(5)49)16-28(52)66-46-40(68-45(57,41(60-11)61-12)43(46,8)18-58-9)34(47)30-19(2)14-24-31(38(30)67-46)36(54)33-32(37(24)59-10)26(15-25(51)35(33)53)65-29-17-42(7,55)39(20(3)62-29)64-23(6)50/h14,20,25-29,34,39-41,51-52,54-57H,13,15-18H2,1-12H3/t20?,25-,26-,27?,28?,29?,34?,39?,40?,42?,43-,44?,45?,46+/m0/s1. The summed E-state index contributed by atoms with van der Waals surface area (Å²) in [6.07, 6.45) is -14.2. The summed E-state index contributed by atoms with van der Waals surface area (Å²) in [6, 6.07) is 1.67. The molecule has 0 saturated carbocycles. The molecule has 68 heavy (non-hydrogen) atoms. The number of phenols is 1. The number of fused-ring (bicyclic) bond motifs is 5. The number of phenolic OH excluding ortho intramolecular Hbond substituents is 1. The number of Topliss-reactive ketones (excluding diaryl/α,β-unsaturated/α-hetero) is 2. The van der Waals surface area contributed by atoms with Crippen molar-refractivity contribution < 1.29 is 102 Å². The van der Waals surface area contributed by atoms with Crippen molar-refractivity contribution in [2.75, 3.05) is 35.0 Å². The monoisotopic (exact) mass is 1080 g/mol. The average Bonchev–Trinajstić information content (AvgIpc) is 3.42. The van der Waals surface area contributed by atoms with E-state index in [4.69, 9.17) is 52.1 Å². The van der Waals surface area contributed by atoms with E-state index >= 15 is 0 Å². The number of methoxy groups -OCH3 is 4. The number of aliphatic hydroxyl groups excluding tert-OH is 2. The number of rotatable bonds is 17. The Kier molecular flexibility index (Phi) is 15.6. The summed E-state index contributed by atoms with van der Waals surface area (Å²) in [6.45, 7) is 10.6. The fourth-order valence-corrected chi connectivity index (χ4v) is 11.9. The average molecular weight is 1080 g/mol. The third-order valence-electron chi connectivity index (χ3n) is 13.8. The maximum Gasteiger partial charge on any atom is 0.303 e. The van der Waals surface area contributed by atoms with Crippen LogP contribution in [0, 0.1) is 12.3 Å². The fourth-order valence-electron chi connectivity index (χ4n) is 10.5. The van der Waals surface area contributed by atoms with Gasteiger partial charge in [-0.2, -0.15) is 0 Å². The number of aromatic hydroxyl groups is 1. The lowest BCUT2D eigenvalue weighted by molar-refractivity contribution is -0.370. The first-order chi connectivity index (χ1) is 31.7. The van der Waals surface area contributed by atoms with Crippen LogP contribution in [0.1, 0.15) is 111 Å². The number of ketones is 2. The first kappa shape index (κ1) is 54.0. The Morgan fingerprint density at radius 3 is 2.22 bits per heavy atom. The van der Waals surface area contributed by atoms with E-state index in [-0.39, 0.29) is 47.1 Å². The van der Waals surface area contributed by atoms with Crippen molar-refractivity contribution in [2.45, 2.75) is 163 Å². The molecule has 4 aliphatic rings. The predicted molar refractivity (Wildman–Crippen MR) is 242 cm³/mol. The molecule has 0 radical (unpaired) electrons. The fraction of sp³-hybridized carbons (Fsp3) is 0.696. The number of hydrogen-bond donors (Lipinski definition) is 6. The van der Waals surface area contributed by atoms with Crippen LogP contribution in [0.5, 0.6) is 17.2 Å². The van der Waals surface area contributed by atoms with Crippen LogP contribution in [0.15, 0.2) is 6.07 Å². The van der Waals surface area contributed by atoms with Gasteiger partial charge in [-0.25, -0.2) is 0 Å². The first-order valence-corrected chi connectivity index (χ1v) is 23.3. The first-order valence-electron chi connectivity index (χ1n) is 22.1. The van der Waals surface area contributed by atoms with Gasteiger partial charge in [0.1, 0.15) is 46.6 Å². The van der Waals surface area contributed by atoms with Crippen LogP contribution in [-0.4, -0.2) is 161 Å². The van der Waals surface area contributed by atoms with Gasteiger partial charge in [0, 0.05) is 71.0 Å². The van der Waals surface area contributed by atoms with Crippen LogP contribution < -0.4 is 9.47 Å². The third kappa shape index (κ3) is 8.67. The molecular weight excluding hydrogens is 1020 g/mol. The van der Waals surface area contributed by atoms with Crippen LogP contribution in [0.4, 0.5) is 0 Å². The number of carbonyl (C=O) groups excluding carboxylic acids is 4. The number of esters is 2. The summed E-state index contributed by atoms with van der Waals surface area (Å²) in [5, 5.41) is 71.7. The molecule has 2 aromatic rings. The lowest BCUT2D eigenvalue weighted by Crippen LogP contribution is -2.68. The van der Waals surface area contributed by atoms with Crippen LogP contribution in [0.2, 0.25) is 0 Å². The summed E-state index contributed by atoms with van der Waals surface area (Å²) >= 11 is 2.03. The molecule has 6 N–H and O–H groups in total. The number of benzene rings is 2. The Labute approximate surface area is 406 Å². The van der Waals surface area contributed by atoms with Gasteiger partial charge in [-0.05, 0) is 52.7 Å². The number of alkyl halides is 1. The molecule has 2 aromatic carbocycles. The van der Waals surface area contributed by atoms with Crippen molar-refractivity contribution in [3.05, 3.63) is 28.3 Å². The summed E-state index contributed by atoms with van der Waals surface area (Å²) < 4.78 is 65.5. The van der Waals surface area contributed by atoms with Gasteiger partial charge in [-0.15, -0.1) is 0 Å². The highest BCUT2D eigenvalue weighted by molar-refractivity contribution is 14.1. The molecule has 380 valence electrons. The molecule has 0 aromatic heterocycles. The van der Waals surface area contributed by atoms with Gasteiger partial charge in [0.25, 0.3) is 5.79 Å². The molecule has 3 heterocycles. The van der Waals surface area contributed by atoms with Crippen LogP contribution in [0.3, 0.4) is 0 Å². The molecule has 14 atom stereocenters. The van der Waals surface area contributed by atoms with E-state index in [1.165, 1.54) is 56.1 Å². The van der Waals surface area contributed by atoms with Gasteiger partial charge < -0.3 is 82.7 Å². The molecule has 22 heteroatoms. The van der Waals surface area contributed by atoms with Gasteiger partial charge in [-0.3, -0.25) is 19.2 Å². The molecule has 1 aliphatic carbocycles. The van der Waals surface area contributed by atoms with E-state index in [0.717, 1.165) is 13.8 Å². The van der Waals surface area contributed by atoms with Gasteiger partial charge in [-0.1, -0.05) is 29.5 Å². The SMILES string of the molecule is CCC(O)(C(C)=O)C(CC(O)O[C@@]12Oc3c(c(C)cc4c(OC)c5c(c(O)c34)C(=O)[C@@H](O)C[C@@H]5OC3CC(C)(O)C(OC(C)=O)C(C)O3)C(I)C1OC(O)(C(OC)OC)[C@]2(C)COC)OC(C)=O. The number of ether oxygens (including phenoxy) is 11. The highest BCUT2D eigenvalue weighted by Gasteiger charge is 2.80. The Morgan fingerprint density at radius 1 is 1.04 bits per heavy atom. The zero-order valence-corrected chi connectivity index (χ0v) is 42.2. The lowest BCUT2D eigenvalue weighted by atomic mass is 9.71. The van der Waals surface area contributed by atoms with Crippen molar-refractivity contribution in [3.63, 3.8) is 0 Å². The smallest absolute Gasteiger partial charge is 0.303 e. The van der Waals surface area contributed by atoms with Gasteiger partial charge in [0.2, 0.25) is 12.1 Å². The van der Waals surface area contributed by atoms with Crippen LogP contribution >= 0.6 is 22.6 Å². The lowest BCUT2D eigenvalue weighted by Gasteiger charge is -2.51. The second kappa shape index (κ2) is 19.7. The van der Waals surface area contributed by atoms with Crippen LogP contribution in [0.25, 0.3) is 10.8 Å². The highest BCUT2D eigenvalue weighted by atomic mass is 127. The molecule has 6 rings (SSSR count). The van der Waals surface area contributed by atoms with E-state index in [1.807, 2.05) is 22.6 Å². The topological polar surface area (TPSA) is 291 Å². The molecule has 0 amide bonds. The summed E-state index contributed by atoms with van der Waals surface area (Å²) in [4.78, 5) is 51.3. The van der Waals surface area contributed by atoms with Crippen molar-refractivity contribution >= 4 is 56.9 Å². The largest absolute Gasteiger partial charge is 0.506 e. The van der Waals surface area contributed by atoms with E-state index < -0.39 is 135 Å². The van der Waals surface area contributed by atoms with E-state index in [2.05, 4.69) is 0 Å². The molecule has 2 saturated heterocycles. The molecule has 21 nitrogen and oxygen atoms in total. The highest BCUT2D eigenvalue weighted by Crippen LogP contribution is 2.66. The molecular formula is C46H63IO21. The van der Waals surface area contributed by atoms with E-state index in [1.54, 1.807) is 19.9 Å². The third-order valence-corrected chi connectivity index (χ3v) is 15.1. The number of carbonyl (C=O) groups is 4. The molecule has 0 spiro atoms. The number of hydrogen-bond acceptors (Lipinski definition) is 21. The second-order valence-electron chi connectivity index (χ2n) is 18.3. The summed E-state index contributed by atoms with van der Waals surface area (Å²) in [5.41, 5.74) is -5.40. The number of aryl methyl sites for hydroxylation is 1. The molecule has 2 fully saturated rings. The Bertz CT molecular complexity index is 2280. The maximum atomic E-state index is 14.2. The zero-order valence-electron chi connectivity index (χ0n) is 40.1. The van der Waals surface area contributed by atoms with Crippen molar-refractivity contribution in [1.29, 1.82) is 0 Å². The quantitative estimate of drug-likeness (QED) is 0.0574. The van der Waals surface area contributed by atoms with Crippen molar-refractivity contribution in [3.8, 4) is 17.2 Å². The van der Waals surface area contributed by atoms with Gasteiger partial charge in [0.05, 0.1) is 40.8 Å². The van der Waals surface area contributed by atoms with Gasteiger partial charge in [0.15, 0.2) is 35.9 Å². The Morgan fingerprint density at radius 2 is 1.69 bits per heavy atom.